The molecule has 1 aliphatic rings. The highest BCUT2D eigenvalue weighted by Gasteiger charge is 2.25. The highest BCUT2D eigenvalue weighted by Crippen LogP contribution is 2.04. The van der Waals surface area contributed by atoms with Crippen molar-refractivity contribution in [2.45, 2.75) is 6.29 Å². The second-order valence-electron chi connectivity index (χ2n) is 2.31. The molecule has 4 nitrogen and oxygen atoms in total. The first kappa shape index (κ1) is 7.50. The summed E-state index contributed by atoms with van der Waals surface area (Å²) in [6.45, 7) is 1.04. The van der Waals surface area contributed by atoms with Gasteiger partial charge in [0.15, 0.2) is 0 Å². The van der Waals surface area contributed by atoms with Gasteiger partial charge in [-0.05, 0) is 0 Å². The number of hydrogen-bond acceptors (Lipinski definition) is 3. The van der Waals surface area contributed by atoms with E-state index in [1.54, 1.807) is 14.1 Å². The van der Waals surface area contributed by atoms with E-state index in [2.05, 4.69) is 0 Å². The van der Waals surface area contributed by atoms with Crippen molar-refractivity contribution in [3.8, 4) is 0 Å². The molecular formula is C6H11NO3. The van der Waals surface area contributed by atoms with Gasteiger partial charge < -0.3 is 14.4 Å². The Morgan fingerprint density at radius 1 is 1.40 bits per heavy atom. The Kier molecular flexibility index (Phi) is 2.24. The Hall–Kier alpha value is -0.610. The van der Waals surface area contributed by atoms with Crippen LogP contribution in [0.25, 0.3) is 0 Å². The second kappa shape index (κ2) is 2.98. The van der Waals surface area contributed by atoms with Crippen molar-refractivity contribution in [3.05, 3.63) is 0 Å². The van der Waals surface area contributed by atoms with Crippen LogP contribution in [0.2, 0.25) is 0 Å². The van der Waals surface area contributed by atoms with E-state index in [4.69, 9.17) is 9.47 Å². The molecule has 0 radical (unpaired) electrons. The summed E-state index contributed by atoms with van der Waals surface area (Å²) in [4.78, 5) is 12.5. The van der Waals surface area contributed by atoms with Crippen LogP contribution in [0.1, 0.15) is 0 Å². The van der Waals surface area contributed by atoms with E-state index in [0.29, 0.717) is 13.2 Å². The van der Waals surface area contributed by atoms with Crippen molar-refractivity contribution in [1.29, 1.82) is 0 Å². The van der Waals surface area contributed by atoms with Gasteiger partial charge in [0.2, 0.25) is 6.29 Å². The van der Waals surface area contributed by atoms with E-state index >= 15 is 0 Å². The molecule has 1 fully saturated rings. The van der Waals surface area contributed by atoms with Crippen LogP contribution >= 0.6 is 0 Å². The third-order valence-corrected chi connectivity index (χ3v) is 1.26. The molecule has 0 aliphatic carbocycles. The third kappa shape index (κ3) is 1.46. The van der Waals surface area contributed by atoms with E-state index in [0.717, 1.165) is 0 Å². The molecule has 0 saturated carbocycles. The van der Waals surface area contributed by atoms with Crippen LogP contribution in [-0.4, -0.2) is 44.4 Å². The number of likely N-dealkylation sites (N-methyl/N-ethyl adjacent to an activating group) is 1. The van der Waals surface area contributed by atoms with Crippen LogP contribution < -0.4 is 0 Å². The van der Waals surface area contributed by atoms with Crippen molar-refractivity contribution >= 4 is 5.91 Å². The molecule has 1 amide bonds. The van der Waals surface area contributed by atoms with Crippen molar-refractivity contribution < 1.29 is 14.3 Å². The van der Waals surface area contributed by atoms with Gasteiger partial charge >= 0.3 is 0 Å². The normalized spacial score (nSPS) is 19.4. The number of carbonyl (C=O) groups is 1. The van der Waals surface area contributed by atoms with Crippen LogP contribution in [-0.2, 0) is 14.3 Å². The van der Waals surface area contributed by atoms with Gasteiger partial charge in [0.1, 0.15) is 0 Å². The third-order valence-electron chi connectivity index (χ3n) is 1.26. The summed E-state index contributed by atoms with van der Waals surface area (Å²) in [5.41, 5.74) is 0. The van der Waals surface area contributed by atoms with Gasteiger partial charge in [0, 0.05) is 14.1 Å². The highest BCUT2D eigenvalue weighted by atomic mass is 16.7. The Bertz CT molecular complexity index is 129. The minimum absolute atomic E-state index is 0.127. The zero-order valence-electron chi connectivity index (χ0n) is 6.16. The van der Waals surface area contributed by atoms with Crippen LogP contribution in [0.3, 0.4) is 0 Å². The standard InChI is InChI=1S/C6H11NO3/c1-7(2)5(8)6-9-3-4-10-6/h6H,3-4H2,1-2H3. The molecule has 58 valence electrons. The van der Waals surface area contributed by atoms with E-state index in [9.17, 15) is 4.79 Å². The van der Waals surface area contributed by atoms with E-state index < -0.39 is 6.29 Å². The van der Waals surface area contributed by atoms with Gasteiger partial charge in [0.25, 0.3) is 5.91 Å². The van der Waals surface area contributed by atoms with E-state index in [1.807, 2.05) is 0 Å². The molecular weight excluding hydrogens is 134 g/mol. The number of amides is 1. The summed E-state index contributed by atoms with van der Waals surface area (Å²) >= 11 is 0. The lowest BCUT2D eigenvalue weighted by atomic mass is 10.5. The molecule has 0 aromatic carbocycles. The predicted molar refractivity (Wildman–Crippen MR) is 34.4 cm³/mol. The smallest absolute Gasteiger partial charge is 0.279 e. The number of carbonyl (C=O) groups excluding carboxylic acids is 1. The second-order valence-corrected chi connectivity index (χ2v) is 2.31. The first-order chi connectivity index (χ1) is 4.72. The molecule has 1 saturated heterocycles. The molecule has 1 aliphatic heterocycles. The first-order valence-corrected chi connectivity index (χ1v) is 3.16. The van der Waals surface area contributed by atoms with E-state index in [-0.39, 0.29) is 5.91 Å². The highest BCUT2D eigenvalue weighted by molar-refractivity contribution is 5.79. The van der Waals surface area contributed by atoms with Gasteiger partial charge in [-0.1, -0.05) is 0 Å². The summed E-state index contributed by atoms with van der Waals surface area (Å²) in [6, 6.07) is 0. The van der Waals surface area contributed by atoms with Crippen LogP contribution in [0.5, 0.6) is 0 Å². The van der Waals surface area contributed by atoms with Crippen molar-refractivity contribution in [2.24, 2.45) is 0 Å². The minimum Gasteiger partial charge on any atom is -0.344 e. The molecule has 1 heterocycles. The largest absolute Gasteiger partial charge is 0.344 e. The molecule has 1 rings (SSSR count). The SMILES string of the molecule is CN(C)C(=O)C1OCCO1. The summed E-state index contributed by atoms with van der Waals surface area (Å²) in [5, 5.41) is 0. The van der Waals surface area contributed by atoms with Crippen molar-refractivity contribution in [1.82, 2.24) is 4.90 Å². The van der Waals surface area contributed by atoms with Gasteiger partial charge in [-0.15, -0.1) is 0 Å². The molecule has 0 aromatic rings. The first-order valence-electron chi connectivity index (χ1n) is 3.16. The van der Waals surface area contributed by atoms with Crippen LogP contribution in [0.4, 0.5) is 0 Å². The van der Waals surface area contributed by atoms with Gasteiger partial charge in [-0.25, -0.2) is 0 Å². The number of rotatable bonds is 1. The zero-order chi connectivity index (χ0) is 7.56. The maximum atomic E-state index is 11.0. The lowest BCUT2D eigenvalue weighted by Gasteiger charge is -2.13. The molecule has 0 aromatic heterocycles. The summed E-state index contributed by atoms with van der Waals surface area (Å²) < 4.78 is 9.93. The topological polar surface area (TPSA) is 38.8 Å². The minimum atomic E-state index is -0.657. The van der Waals surface area contributed by atoms with Crippen LogP contribution in [0, 0.1) is 0 Å². The molecule has 0 spiro atoms. The molecule has 0 N–H and O–H groups in total. The fourth-order valence-corrected chi connectivity index (χ4v) is 0.712. The van der Waals surface area contributed by atoms with E-state index in [1.165, 1.54) is 4.90 Å². The monoisotopic (exact) mass is 145 g/mol. The summed E-state index contributed by atoms with van der Waals surface area (Å²) in [6.07, 6.45) is -0.657. The molecule has 0 unspecified atom stereocenters. The Balaban J connectivity index is 2.40. The molecule has 0 atom stereocenters. The predicted octanol–water partition coefficient (Wildman–Crippen LogP) is -0.553. The number of ether oxygens (including phenoxy) is 2. The van der Waals surface area contributed by atoms with Gasteiger partial charge in [0.05, 0.1) is 13.2 Å². The Morgan fingerprint density at radius 3 is 2.30 bits per heavy atom. The molecule has 0 bridgehead atoms. The Morgan fingerprint density at radius 2 is 1.90 bits per heavy atom. The quantitative estimate of drug-likeness (QED) is 0.497. The van der Waals surface area contributed by atoms with Gasteiger partial charge in [-0.2, -0.15) is 0 Å². The number of nitrogens with zero attached hydrogens (tertiary/aromatic N) is 1. The maximum Gasteiger partial charge on any atom is 0.279 e. The average Bonchev–Trinajstić information content (AvgIpc) is 2.36. The molecule has 4 heteroatoms. The number of hydrogen-bond donors (Lipinski definition) is 0. The summed E-state index contributed by atoms with van der Waals surface area (Å²) in [7, 11) is 3.35. The van der Waals surface area contributed by atoms with Gasteiger partial charge in [-0.3, -0.25) is 4.79 Å². The Labute approximate surface area is 59.7 Å². The van der Waals surface area contributed by atoms with Crippen LogP contribution in [0.15, 0.2) is 0 Å². The fraction of sp³-hybridized carbons (Fsp3) is 0.833. The van der Waals surface area contributed by atoms with Crippen molar-refractivity contribution in [3.63, 3.8) is 0 Å². The average molecular weight is 145 g/mol. The molecule has 10 heavy (non-hydrogen) atoms. The summed E-state index contributed by atoms with van der Waals surface area (Å²) in [5.74, 6) is -0.127. The van der Waals surface area contributed by atoms with Crippen molar-refractivity contribution in [2.75, 3.05) is 27.3 Å². The zero-order valence-corrected chi connectivity index (χ0v) is 6.16. The fourth-order valence-electron chi connectivity index (χ4n) is 0.712. The lowest BCUT2D eigenvalue weighted by Crippen LogP contribution is -2.34. The maximum absolute atomic E-state index is 11.0. The lowest BCUT2D eigenvalue weighted by molar-refractivity contribution is -0.155.